The first-order chi connectivity index (χ1) is 14.5. The monoisotopic (exact) mass is 405 g/mol. The van der Waals surface area contributed by atoms with Gasteiger partial charge in [0, 0.05) is 25.5 Å². The first kappa shape index (κ1) is 21.2. The predicted molar refractivity (Wildman–Crippen MR) is 113 cm³/mol. The first-order valence-corrected chi connectivity index (χ1v) is 9.77. The molecule has 0 fully saturated rings. The van der Waals surface area contributed by atoms with Crippen LogP contribution in [-0.2, 0) is 29.1 Å². The van der Waals surface area contributed by atoms with Crippen LogP contribution in [-0.4, -0.2) is 27.7 Å². The molecule has 1 heterocycles. The molecule has 2 aromatic carbocycles. The van der Waals surface area contributed by atoms with E-state index in [1.165, 1.54) is 17.0 Å². The zero-order valence-corrected chi connectivity index (χ0v) is 16.8. The van der Waals surface area contributed by atoms with Gasteiger partial charge >= 0.3 is 0 Å². The lowest BCUT2D eigenvalue weighted by atomic mass is 10.1. The van der Waals surface area contributed by atoms with Crippen LogP contribution < -0.4 is 5.32 Å². The summed E-state index contributed by atoms with van der Waals surface area (Å²) in [5.41, 5.74) is 2.50. The number of nitrogens with zero attached hydrogens (tertiary/aromatic N) is 2. The number of carbonyl (C=O) groups is 2. The van der Waals surface area contributed by atoms with Crippen molar-refractivity contribution in [1.82, 2.24) is 15.2 Å². The molecular weight excluding hydrogens is 381 g/mol. The number of hydrogen-bond acceptors (Lipinski definition) is 3. The van der Waals surface area contributed by atoms with Crippen LogP contribution in [0.5, 0.6) is 0 Å². The molecule has 0 aliphatic carbocycles. The molecule has 0 saturated heterocycles. The molecule has 2 amide bonds. The Kier molecular flexibility index (Phi) is 7.27. The minimum Gasteiger partial charge on any atom is -0.350 e. The molecule has 0 saturated carbocycles. The molecule has 154 valence electrons. The number of halogens is 1. The molecule has 0 spiro atoms. The van der Waals surface area contributed by atoms with E-state index in [9.17, 15) is 14.0 Å². The standard InChI is InChI=1S/C24H24FN3O2/c1-18(24(30)27-16-21-8-5-13-26-15-21)28(17-20-9-11-22(25)12-10-20)23(29)14-19-6-3-2-4-7-19/h2-13,15,18H,14,16-17H2,1H3,(H,27,30)/t18-/m0/s1. The summed E-state index contributed by atoms with van der Waals surface area (Å²) < 4.78 is 13.3. The minimum atomic E-state index is -0.692. The summed E-state index contributed by atoms with van der Waals surface area (Å²) in [6.07, 6.45) is 3.53. The molecule has 6 heteroatoms. The summed E-state index contributed by atoms with van der Waals surface area (Å²) in [5, 5.41) is 2.86. The zero-order chi connectivity index (χ0) is 21.3. The Morgan fingerprint density at radius 1 is 0.967 bits per heavy atom. The highest BCUT2D eigenvalue weighted by Gasteiger charge is 2.26. The van der Waals surface area contributed by atoms with Gasteiger partial charge < -0.3 is 10.2 Å². The normalized spacial score (nSPS) is 11.5. The lowest BCUT2D eigenvalue weighted by molar-refractivity contribution is -0.140. The molecule has 0 radical (unpaired) electrons. The summed E-state index contributed by atoms with van der Waals surface area (Å²) >= 11 is 0. The first-order valence-electron chi connectivity index (χ1n) is 9.77. The van der Waals surface area contributed by atoms with Crippen molar-refractivity contribution in [2.75, 3.05) is 0 Å². The average Bonchev–Trinajstić information content (AvgIpc) is 2.78. The van der Waals surface area contributed by atoms with Gasteiger partial charge in [0.15, 0.2) is 0 Å². The summed E-state index contributed by atoms with van der Waals surface area (Å²) in [7, 11) is 0. The van der Waals surface area contributed by atoms with Gasteiger partial charge in [0.05, 0.1) is 6.42 Å². The number of hydrogen-bond donors (Lipinski definition) is 1. The van der Waals surface area contributed by atoms with Crippen molar-refractivity contribution in [3.8, 4) is 0 Å². The van der Waals surface area contributed by atoms with E-state index in [-0.39, 0.29) is 30.6 Å². The SMILES string of the molecule is C[C@@H](C(=O)NCc1cccnc1)N(Cc1ccc(F)cc1)C(=O)Cc1ccccc1. The number of carbonyl (C=O) groups excluding carboxylic acids is 2. The van der Waals surface area contributed by atoms with Gasteiger partial charge in [-0.3, -0.25) is 14.6 Å². The maximum absolute atomic E-state index is 13.3. The summed E-state index contributed by atoms with van der Waals surface area (Å²) in [6.45, 7) is 2.24. The van der Waals surface area contributed by atoms with Crippen LogP contribution in [0.4, 0.5) is 4.39 Å². The molecule has 3 aromatic rings. The Morgan fingerprint density at radius 2 is 1.67 bits per heavy atom. The molecule has 0 aliphatic heterocycles. The fourth-order valence-corrected chi connectivity index (χ4v) is 3.08. The Labute approximate surface area is 175 Å². The predicted octanol–water partition coefficient (Wildman–Crippen LogP) is 3.50. The quantitative estimate of drug-likeness (QED) is 0.624. The average molecular weight is 405 g/mol. The molecule has 5 nitrogen and oxygen atoms in total. The smallest absolute Gasteiger partial charge is 0.242 e. The van der Waals surface area contributed by atoms with Crippen LogP contribution in [0.25, 0.3) is 0 Å². The third kappa shape index (κ3) is 5.98. The van der Waals surface area contributed by atoms with Crippen molar-refractivity contribution >= 4 is 11.8 Å². The van der Waals surface area contributed by atoms with Crippen LogP contribution in [0.1, 0.15) is 23.6 Å². The van der Waals surface area contributed by atoms with E-state index in [1.807, 2.05) is 36.4 Å². The van der Waals surface area contributed by atoms with E-state index < -0.39 is 6.04 Å². The van der Waals surface area contributed by atoms with Gasteiger partial charge in [-0.2, -0.15) is 0 Å². The Balaban J connectivity index is 1.73. The van der Waals surface area contributed by atoms with Crippen molar-refractivity contribution in [2.24, 2.45) is 0 Å². The Bertz CT molecular complexity index is 963. The van der Waals surface area contributed by atoms with Crippen molar-refractivity contribution in [2.45, 2.75) is 32.5 Å². The van der Waals surface area contributed by atoms with Gasteiger partial charge in [-0.25, -0.2) is 4.39 Å². The molecule has 30 heavy (non-hydrogen) atoms. The van der Waals surface area contributed by atoms with Crippen LogP contribution in [0.3, 0.4) is 0 Å². The summed E-state index contributed by atoms with van der Waals surface area (Å²) in [5.74, 6) is -0.778. The van der Waals surface area contributed by atoms with Crippen molar-refractivity contribution in [1.29, 1.82) is 0 Å². The fraction of sp³-hybridized carbons (Fsp3) is 0.208. The lowest BCUT2D eigenvalue weighted by Crippen LogP contribution is -2.48. The van der Waals surface area contributed by atoms with E-state index in [0.29, 0.717) is 6.54 Å². The minimum absolute atomic E-state index is 0.172. The highest BCUT2D eigenvalue weighted by atomic mass is 19.1. The van der Waals surface area contributed by atoms with Crippen molar-refractivity contribution in [3.05, 3.63) is 102 Å². The maximum Gasteiger partial charge on any atom is 0.242 e. The second kappa shape index (κ2) is 10.3. The molecule has 1 aromatic heterocycles. The number of aromatic nitrogens is 1. The molecular formula is C24H24FN3O2. The Morgan fingerprint density at radius 3 is 2.33 bits per heavy atom. The maximum atomic E-state index is 13.3. The highest BCUT2D eigenvalue weighted by molar-refractivity contribution is 5.88. The zero-order valence-electron chi connectivity index (χ0n) is 16.8. The van der Waals surface area contributed by atoms with Crippen LogP contribution in [0.2, 0.25) is 0 Å². The van der Waals surface area contributed by atoms with E-state index in [1.54, 1.807) is 37.5 Å². The second-order valence-electron chi connectivity index (χ2n) is 7.07. The van der Waals surface area contributed by atoms with Gasteiger partial charge in [-0.05, 0) is 41.8 Å². The summed E-state index contributed by atoms with van der Waals surface area (Å²) in [6, 6.07) is 18.3. The van der Waals surface area contributed by atoms with Crippen LogP contribution in [0, 0.1) is 5.82 Å². The van der Waals surface area contributed by atoms with Gasteiger partial charge in [0.1, 0.15) is 11.9 Å². The number of rotatable bonds is 8. The fourth-order valence-electron chi connectivity index (χ4n) is 3.08. The lowest BCUT2D eigenvalue weighted by Gasteiger charge is -2.29. The molecule has 3 rings (SSSR count). The van der Waals surface area contributed by atoms with Crippen LogP contribution in [0.15, 0.2) is 79.1 Å². The molecule has 1 N–H and O–H groups in total. The molecule has 0 aliphatic rings. The van der Waals surface area contributed by atoms with Gasteiger partial charge in [-0.1, -0.05) is 48.5 Å². The van der Waals surface area contributed by atoms with E-state index in [4.69, 9.17) is 0 Å². The summed E-state index contributed by atoms with van der Waals surface area (Å²) in [4.78, 5) is 31.4. The van der Waals surface area contributed by atoms with Gasteiger partial charge in [0.2, 0.25) is 11.8 Å². The number of benzene rings is 2. The largest absolute Gasteiger partial charge is 0.350 e. The van der Waals surface area contributed by atoms with Crippen molar-refractivity contribution in [3.63, 3.8) is 0 Å². The molecule has 1 atom stereocenters. The molecule has 0 unspecified atom stereocenters. The van der Waals surface area contributed by atoms with E-state index >= 15 is 0 Å². The number of nitrogens with one attached hydrogen (secondary N) is 1. The third-order valence-corrected chi connectivity index (χ3v) is 4.82. The second-order valence-corrected chi connectivity index (χ2v) is 7.07. The van der Waals surface area contributed by atoms with E-state index in [0.717, 1.165) is 16.7 Å². The van der Waals surface area contributed by atoms with E-state index in [2.05, 4.69) is 10.3 Å². The molecule has 0 bridgehead atoms. The third-order valence-electron chi connectivity index (χ3n) is 4.82. The topological polar surface area (TPSA) is 62.3 Å². The number of pyridine rings is 1. The van der Waals surface area contributed by atoms with Gasteiger partial charge in [-0.15, -0.1) is 0 Å². The van der Waals surface area contributed by atoms with Crippen LogP contribution >= 0.6 is 0 Å². The Hall–Kier alpha value is -3.54. The van der Waals surface area contributed by atoms with Gasteiger partial charge in [0.25, 0.3) is 0 Å². The number of amides is 2. The highest BCUT2D eigenvalue weighted by Crippen LogP contribution is 2.13. The van der Waals surface area contributed by atoms with Crippen molar-refractivity contribution < 1.29 is 14.0 Å².